The molecule has 1 aromatic carbocycles. The number of carbonyl (C=O) groups is 1. The zero-order chi connectivity index (χ0) is 18.1. The minimum atomic E-state index is -3.61. The molecule has 0 atom stereocenters. The van der Waals surface area contributed by atoms with Gasteiger partial charge in [-0.05, 0) is 22.9 Å². The minimum absolute atomic E-state index is 0.0294. The molecular weight excluding hydrogens is 352 g/mol. The van der Waals surface area contributed by atoms with Crippen molar-refractivity contribution in [1.29, 1.82) is 0 Å². The number of nitrogens with one attached hydrogen (secondary N) is 2. The number of rotatable bonds is 3. The lowest BCUT2D eigenvalue weighted by atomic mass is 10.1. The van der Waals surface area contributed by atoms with E-state index in [9.17, 15) is 13.6 Å². The van der Waals surface area contributed by atoms with Crippen molar-refractivity contribution in [2.24, 2.45) is 0 Å². The Hall–Kier alpha value is -3.02. The fraction of sp³-hybridized carbons (Fsp3) is 0.429. The second-order valence-electron chi connectivity index (χ2n) is 5.88. The number of alkyl halides is 2. The number of carbonyl (C=O) groups excluding carboxylic acids is 1. The number of ether oxygens (including phenoxy) is 2. The first-order valence-corrected chi connectivity index (χ1v) is 7.89. The maximum absolute atomic E-state index is 13.1. The number of fused-ring (bicyclic) bond motifs is 1. The normalized spacial score (nSPS) is 18.8. The lowest BCUT2D eigenvalue weighted by Crippen LogP contribution is -2.49. The molecule has 2 aliphatic heterocycles. The number of piperazine rings is 1. The van der Waals surface area contributed by atoms with Gasteiger partial charge in [-0.25, -0.2) is 4.79 Å². The number of aromatic nitrogens is 4. The van der Waals surface area contributed by atoms with Crippen molar-refractivity contribution in [2.75, 3.05) is 31.5 Å². The second-order valence-corrected chi connectivity index (χ2v) is 5.88. The number of tetrazole rings is 1. The molecule has 4 rings (SSSR count). The Kier molecular flexibility index (Phi) is 4.03. The minimum Gasteiger partial charge on any atom is -0.395 e. The van der Waals surface area contributed by atoms with Crippen LogP contribution in [0.25, 0.3) is 0 Å². The highest BCUT2D eigenvalue weighted by molar-refractivity contribution is 5.87. The molecule has 0 aliphatic carbocycles. The van der Waals surface area contributed by atoms with Gasteiger partial charge >= 0.3 is 12.3 Å². The Balaban J connectivity index is 1.30. The van der Waals surface area contributed by atoms with Crippen LogP contribution in [0.3, 0.4) is 0 Å². The highest BCUT2D eigenvalue weighted by Crippen LogP contribution is 2.41. The quantitative estimate of drug-likeness (QED) is 0.829. The van der Waals surface area contributed by atoms with Gasteiger partial charge in [0.1, 0.15) is 0 Å². The van der Waals surface area contributed by atoms with Crippen molar-refractivity contribution in [3.8, 4) is 11.5 Å². The first-order valence-electron chi connectivity index (χ1n) is 7.89. The van der Waals surface area contributed by atoms with Crippen molar-refractivity contribution in [3.05, 3.63) is 23.8 Å². The maximum Gasteiger partial charge on any atom is 0.586 e. The van der Waals surface area contributed by atoms with E-state index in [1.165, 1.54) is 6.07 Å². The van der Waals surface area contributed by atoms with Gasteiger partial charge in [-0.15, -0.1) is 13.9 Å². The first-order chi connectivity index (χ1) is 12.5. The van der Waals surface area contributed by atoms with E-state index in [1.54, 1.807) is 17.0 Å². The van der Waals surface area contributed by atoms with Crippen molar-refractivity contribution in [3.63, 3.8) is 0 Å². The van der Waals surface area contributed by atoms with Gasteiger partial charge in [0.05, 0.1) is 0 Å². The summed E-state index contributed by atoms with van der Waals surface area (Å²) in [5.74, 6) is 0.182. The van der Waals surface area contributed by atoms with Crippen LogP contribution in [0.4, 0.5) is 19.5 Å². The van der Waals surface area contributed by atoms with Crippen LogP contribution < -0.4 is 14.8 Å². The number of hydrogen-bond donors (Lipinski definition) is 2. The van der Waals surface area contributed by atoms with E-state index in [1.807, 2.05) is 0 Å². The topological polar surface area (TPSA) is 108 Å². The van der Waals surface area contributed by atoms with Crippen molar-refractivity contribution in [2.45, 2.75) is 12.8 Å². The fourth-order valence-corrected chi connectivity index (χ4v) is 2.85. The highest BCUT2D eigenvalue weighted by atomic mass is 19.3. The fourth-order valence-electron chi connectivity index (χ4n) is 2.85. The SMILES string of the molecule is O=C(Nc1nn[nH]n1)N1CCN(Cc2ccc3c(c2)OC(F)(F)O3)CC1. The Labute approximate surface area is 146 Å². The molecule has 0 radical (unpaired) electrons. The van der Waals surface area contributed by atoms with Crippen LogP contribution in [0.15, 0.2) is 18.2 Å². The number of amides is 2. The van der Waals surface area contributed by atoms with Gasteiger partial charge in [0.2, 0.25) is 0 Å². The zero-order valence-electron chi connectivity index (χ0n) is 13.5. The lowest BCUT2D eigenvalue weighted by Gasteiger charge is -2.34. The summed E-state index contributed by atoms with van der Waals surface area (Å²) in [5, 5.41) is 15.5. The van der Waals surface area contributed by atoms with Gasteiger partial charge in [-0.3, -0.25) is 10.2 Å². The van der Waals surface area contributed by atoms with Gasteiger partial charge in [-0.1, -0.05) is 11.2 Å². The Morgan fingerprint density at radius 2 is 2.00 bits per heavy atom. The van der Waals surface area contributed by atoms with Crippen LogP contribution in [0.2, 0.25) is 0 Å². The molecule has 0 bridgehead atoms. The van der Waals surface area contributed by atoms with Crippen LogP contribution in [-0.2, 0) is 6.54 Å². The summed E-state index contributed by atoms with van der Waals surface area (Å²) < 4.78 is 35.0. The predicted molar refractivity (Wildman–Crippen MR) is 82.7 cm³/mol. The molecule has 10 nitrogen and oxygen atoms in total. The summed E-state index contributed by atoms with van der Waals surface area (Å²) in [6.45, 7) is 2.88. The standard InChI is InChI=1S/C14H15F2N7O3/c15-14(16)25-10-2-1-9(7-11(10)26-14)8-22-3-5-23(6-4-22)13(24)17-12-18-20-21-19-12/h1-2,7H,3-6,8H2,(H2,17,18,19,20,21,24). The molecular formula is C14H15F2N7O3. The second kappa shape index (κ2) is 6.37. The molecule has 2 aliphatic rings. The van der Waals surface area contributed by atoms with E-state index in [2.05, 4.69) is 40.3 Å². The number of urea groups is 1. The summed E-state index contributed by atoms with van der Waals surface area (Å²) in [5.41, 5.74) is 0.828. The van der Waals surface area contributed by atoms with Gasteiger partial charge in [0, 0.05) is 32.7 Å². The van der Waals surface area contributed by atoms with E-state index < -0.39 is 6.29 Å². The number of H-pyrrole nitrogens is 1. The van der Waals surface area contributed by atoms with Crippen LogP contribution in [0.5, 0.6) is 11.5 Å². The third kappa shape index (κ3) is 3.49. The number of halogens is 2. The summed E-state index contributed by atoms with van der Waals surface area (Å²) >= 11 is 0. The van der Waals surface area contributed by atoms with Crippen LogP contribution in [-0.4, -0.2) is 68.9 Å². The molecule has 0 spiro atoms. The number of nitrogens with zero attached hydrogens (tertiary/aromatic N) is 5. The molecule has 0 saturated carbocycles. The smallest absolute Gasteiger partial charge is 0.395 e. The van der Waals surface area contributed by atoms with Crippen LogP contribution in [0.1, 0.15) is 5.56 Å². The van der Waals surface area contributed by atoms with Crippen molar-refractivity contribution >= 4 is 12.0 Å². The van der Waals surface area contributed by atoms with Crippen LogP contribution in [0, 0.1) is 0 Å². The lowest BCUT2D eigenvalue weighted by molar-refractivity contribution is -0.286. The van der Waals surface area contributed by atoms with Gasteiger partial charge < -0.3 is 14.4 Å². The number of aromatic amines is 1. The van der Waals surface area contributed by atoms with E-state index in [0.717, 1.165) is 5.56 Å². The van der Waals surface area contributed by atoms with E-state index in [4.69, 9.17) is 0 Å². The van der Waals surface area contributed by atoms with Gasteiger partial charge in [-0.2, -0.15) is 5.21 Å². The van der Waals surface area contributed by atoms with Gasteiger partial charge in [0.25, 0.3) is 5.95 Å². The first kappa shape index (κ1) is 16.4. The monoisotopic (exact) mass is 367 g/mol. The number of benzene rings is 1. The number of anilines is 1. The van der Waals surface area contributed by atoms with Crippen LogP contribution >= 0.6 is 0 Å². The molecule has 2 N–H and O–H groups in total. The third-order valence-electron chi connectivity index (χ3n) is 4.10. The molecule has 1 saturated heterocycles. The molecule has 12 heteroatoms. The molecule has 26 heavy (non-hydrogen) atoms. The molecule has 1 aromatic heterocycles. The summed E-state index contributed by atoms with van der Waals surface area (Å²) in [6.07, 6.45) is -3.61. The summed E-state index contributed by atoms with van der Waals surface area (Å²) in [4.78, 5) is 15.9. The maximum atomic E-state index is 13.1. The molecule has 1 fully saturated rings. The summed E-state index contributed by atoms with van der Waals surface area (Å²) in [7, 11) is 0. The largest absolute Gasteiger partial charge is 0.586 e. The Morgan fingerprint density at radius 3 is 2.73 bits per heavy atom. The van der Waals surface area contributed by atoms with E-state index in [0.29, 0.717) is 32.7 Å². The molecule has 138 valence electrons. The van der Waals surface area contributed by atoms with Crippen molar-refractivity contribution < 1.29 is 23.0 Å². The zero-order valence-corrected chi connectivity index (χ0v) is 13.5. The third-order valence-corrected chi connectivity index (χ3v) is 4.10. The molecule has 0 unspecified atom stereocenters. The van der Waals surface area contributed by atoms with E-state index >= 15 is 0 Å². The average Bonchev–Trinajstić information content (AvgIpc) is 3.21. The van der Waals surface area contributed by atoms with Gasteiger partial charge in [0.15, 0.2) is 11.5 Å². The Bertz CT molecular complexity index is 794. The van der Waals surface area contributed by atoms with Crippen molar-refractivity contribution in [1.82, 2.24) is 30.4 Å². The molecule has 2 aromatic rings. The predicted octanol–water partition coefficient (Wildman–Crippen LogP) is 0.871. The molecule has 2 amide bonds. The number of hydrogen-bond acceptors (Lipinski definition) is 7. The highest BCUT2D eigenvalue weighted by Gasteiger charge is 2.43. The Morgan fingerprint density at radius 1 is 1.23 bits per heavy atom. The summed E-state index contributed by atoms with van der Waals surface area (Å²) in [6, 6.07) is 4.45. The van der Waals surface area contributed by atoms with E-state index in [-0.39, 0.29) is 23.5 Å². The molecule has 3 heterocycles. The average molecular weight is 367 g/mol.